The second-order valence-electron chi connectivity index (χ2n) is 8.57. The maximum atomic E-state index is 13.5. The van der Waals surface area contributed by atoms with Crippen molar-refractivity contribution in [1.29, 1.82) is 0 Å². The van der Waals surface area contributed by atoms with Gasteiger partial charge in [-0.3, -0.25) is 9.10 Å². The van der Waals surface area contributed by atoms with Crippen molar-refractivity contribution in [3.63, 3.8) is 0 Å². The Kier molecular flexibility index (Phi) is 8.56. The number of nitrogens with zero attached hydrogens (tertiary/aromatic N) is 2. The van der Waals surface area contributed by atoms with Crippen molar-refractivity contribution in [2.75, 3.05) is 48.3 Å². The van der Waals surface area contributed by atoms with E-state index in [1.807, 2.05) is 49.6 Å². The third-order valence-corrected chi connectivity index (χ3v) is 8.59. The zero-order valence-corrected chi connectivity index (χ0v) is 22.1. The van der Waals surface area contributed by atoms with Gasteiger partial charge in [0, 0.05) is 30.2 Å². The highest BCUT2D eigenvalue weighted by molar-refractivity contribution is 7.98. The van der Waals surface area contributed by atoms with Crippen LogP contribution in [0.3, 0.4) is 0 Å². The number of ether oxygens (including phenoxy) is 1. The summed E-state index contributed by atoms with van der Waals surface area (Å²) in [7, 11) is -3.94. The molecule has 0 atom stereocenters. The van der Waals surface area contributed by atoms with Crippen LogP contribution in [0.2, 0.25) is 0 Å². The molecule has 1 N–H and O–H groups in total. The molecule has 4 rings (SSSR count). The van der Waals surface area contributed by atoms with Gasteiger partial charge in [-0.1, -0.05) is 29.8 Å². The summed E-state index contributed by atoms with van der Waals surface area (Å²) in [5.41, 5.74) is 3.51. The van der Waals surface area contributed by atoms with Crippen LogP contribution in [-0.4, -0.2) is 53.4 Å². The number of aryl methyl sites for hydroxylation is 1. The van der Waals surface area contributed by atoms with Crippen molar-refractivity contribution in [2.24, 2.45) is 0 Å². The van der Waals surface area contributed by atoms with E-state index in [1.165, 1.54) is 11.8 Å². The van der Waals surface area contributed by atoms with Gasteiger partial charge < -0.3 is 15.0 Å². The molecule has 3 aromatic rings. The molecule has 1 heterocycles. The van der Waals surface area contributed by atoms with Gasteiger partial charge in [-0.2, -0.15) is 0 Å². The molecule has 1 aliphatic rings. The molecule has 190 valence electrons. The van der Waals surface area contributed by atoms with E-state index in [-0.39, 0.29) is 17.3 Å². The minimum atomic E-state index is -3.94. The van der Waals surface area contributed by atoms with Crippen molar-refractivity contribution < 1.29 is 17.9 Å². The van der Waals surface area contributed by atoms with Gasteiger partial charge in [-0.25, -0.2) is 8.42 Å². The van der Waals surface area contributed by atoms with E-state index >= 15 is 0 Å². The van der Waals surface area contributed by atoms with Crippen molar-refractivity contribution >= 4 is 39.1 Å². The SMILES string of the molecule is CSc1ccc(S(=O)(=O)N(CC(=O)NCc2ccc(N3CCOCC3)cc2)c2ccc(C)cc2)cc1. The summed E-state index contributed by atoms with van der Waals surface area (Å²) in [6.45, 7) is 5.09. The molecule has 7 nitrogen and oxygen atoms in total. The first-order valence-corrected chi connectivity index (χ1v) is 14.4. The highest BCUT2D eigenvalue weighted by Gasteiger charge is 2.27. The summed E-state index contributed by atoms with van der Waals surface area (Å²) in [5.74, 6) is -0.378. The minimum absolute atomic E-state index is 0.146. The van der Waals surface area contributed by atoms with Crippen molar-refractivity contribution in [1.82, 2.24) is 5.32 Å². The molecule has 0 aromatic heterocycles. The van der Waals surface area contributed by atoms with Gasteiger partial charge in [-0.05, 0) is 67.3 Å². The fourth-order valence-corrected chi connectivity index (χ4v) is 5.76. The molecule has 1 saturated heterocycles. The van der Waals surface area contributed by atoms with E-state index in [2.05, 4.69) is 10.2 Å². The van der Waals surface area contributed by atoms with Crippen molar-refractivity contribution in [3.8, 4) is 0 Å². The second-order valence-corrected chi connectivity index (χ2v) is 11.3. The van der Waals surface area contributed by atoms with Crippen molar-refractivity contribution in [3.05, 3.63) is 83.9 Å². The molecular formula is C27H31N3O4S2. The number of anilines is 2. The molecule has 3 aromatic carbocycles. The fraction of sp³-hybridized carbons (Fsp3) is 0.296. The smallest absolute Gasteiger partial charge is 0.264 e. The first-order valence-electron chi connectivity index (χ1n) is 11.8. The van der Waals surface area contributed by atoms with E-state index in [4.69, 9.17) is 4.74 Å². The van der Waals surface area contributed by atoms with Crippen LogP contribution in [0.15, 0.2) is 82.6 Å². The number of thioether (sulfide) groups is 1. The van der Waals surface area contributed by atoms with E-state index in [1.54, 1.807) is 36.4 Å². The Morgan fingerprint density at radius 1 is 0.972 bits per heavy atom. The molecule has 1 amide bonds. The zero-order chi connectivity index (χ0) is 25.5. The predicted octanol–water partition coefficient (Wildman–Crippen LogP) is 4.07. The topological polar surface area (TPSA) is 79.0 Å². The van der Waals surface area contributed by atoms with Crippen LogP contribution < -0.4 is 14.5 Å². The quantitative estimate of drug-likeness (QED) is 0.425. The van der Waals surface area contributed by atoms with Gasteiger partial charge in [0.25, 0.3) is 10.0 Å². The van der Waals surface area contributed by atoms with Crippen LogP contribution in [0.1, 0.15) is 11.1 Å². The predicted molar refractivity (Wildman–Crippen MR) is 145 cm³/mol. The number of hydrogen-bond acceptors (Lipinski definition) is 6. The molecule has 1 fully saturated rings. The van der Waals surface area contributed by atoms with Gasteiger partial charge in [0.1, 0.15) is 6.54 Å². The van der Waals surface area contributed by atoms with E-state index in [0.717, 1.165) is 52.3 Å². The summed E-state index contributed by atoms with van der Waals surface area (Å²) in [6, 6.07) is 21.8. The van der Waals surface area contributed by atoms with Gasteiger partial charge in [0.2, 0.25) is 5.91 Å². The highest BCUT2D eigenvalue weighted by atomic mass is 32.2. The monoisotopic (exact) mass is 525 g/mol. The number of morpholine rings is 1. The maximum Gasteiger partial charge on any atom is 0.264 e. The largest absolute Gasteiger partial charge is 0.378 e. The van der Waals surface area contributed by atoms with Gasteiger partial charge in [0.15, 0.2) is 0 Å². The van der Waals surface area contributed by atoms with Gasteiger partial charge >= 0.3 is 0 Å². The molecule has 36 heavy (non-hydrogen) atoms. The van der Waals surface area contributed by atoms with Crippen LogP contribution in [0.25, 0.3) is 0 Å². The highest BCUT2D eigenvalue weighted by Crippen LogP contribution is 2.26. The average molecular weight is 526 g/mol. The Morgan fingerprint density at radius 3 is 2.22 bits per heavy atom. The average Bonchev–Trinajstić information content (AvgIpc) is 2.92. The number of rotatable bonds is 9. The first-order chi connectivity index (χ1) is 17.4. The molecular weight excluding hydrogens is 494 g/mol. The van der Waals surface area contributed by atoms with Gasteiger partial charge in [-0.15, -0.1) is 11.8 Å². The van der Waals surface area contributed by atoms with Crippen LogP contribution in [0, 0.1) is 6.92 Å². The lowest BCUT2D eigenvalue weighted by molar-refractivity contribution is -0.119. The number of carbonyl (C=O) groups excluding carboxylic acids is 1. The van der Waals surface area contributed by atoms with Crippen LogP contribution >= 0.6 is 11.8 Å². The lowest BCUT2D eigenvalue weighted by Gasteiger charge is -2.29. The Hall–Kier alpha value is -3.01. The van der Waals surface area contributed by atoms with Crippen LogP contribution in [-0.2, 0) is 26.1 Å². The molecule has 1 aliphatic heterocycles. The summed E-state index contributed by atoms with van der Waals surface area (Å²) in [4.78, 5) is 16.3. The van der Waals surface area contributed by atoms with E-state index in [0.29, 0.717) is 12.2 Å². The first kappa shape index (κ1) is 26.1. The summed E-state index contributed by atoms with van der Waals surface area (Å²) < 4.78 is 33.6. The fourth-order valence-electron chi connectivity index (χ4n) is 3.93. The van der Waals surface area contributed by atoms with E-state index in [9.17, 15) is 13.2 Å². The summed E-state index contributed by atoms with van der Waals surface area (Å²) in [6.07, 6.45) is 1.93. The van der Waals surface area contributed by atoms with Crippen LogP contribution in [0.4, 0.5) is 11.4 Å². The molecule has 0 saturated carbocycles. The molecule has 0 unspecified atom stereocenters. The summed E-state index contributed by atoms with van der Waals surface area (Å²) >= 11 is 1.54. The lowest BCUT2D eigenvalue weighted by atomic mass is 10.2. The second kappa shape index (κ2) is 11.8. The third kappa shape index (κ3) is 6.40. The molecule has 0 spiro atoms. The number of carbonyl (C=O) groups is 1. The molecule has 0 aliphatic carbocycles. The van der Waals surface area contributed by atoms with Crippen LogP contribution in [0.5, 0.6) is 0 Å². The Labute approximate surface area is 217 Å². The number of benzene rings is 3. The molecule has 9 heteroatoms. The number of nitrogens with one attached hydrogen (secondary N) is 1. The number of amides is 1. The lowest BCUT2D eigenvalue weighted by Crippen LogP contribution is -2.40. The summed E-state index contributed by atoms with van der Waals surface area (Å²) in [5, 5.41) is 2.87. The normalized spacial score (nSPS) is 13.9. The van der Waals surface area contributed by atoms with E-state index < -0.39 is 10.0 Å². The minimum Gasteiger partial charge on any atom is -0.378 e. The zero-order valence-electron chi connectivity index (χ0n) is 20.5. The molecule has 0 bridgehead atoms. The maximum absolute atomic E-state index is 13.5. The Balaban J connectivity index is 1.46. The third-order valence-electron chi connectivity index (χ3n) is 6.06. The number of hydrogen-bond donors (Lipinski definition) is 1. The Morgan fingerprint density at radius 2 is 1.61 bits per heavy atom. The molecule has 0 radical (unpaired) electrons. The Bertz CT molecular complexity index is 1260. The number of sulfonamides is 1. The standard InChI is InChI=1S/C27H31N3O4S2/c1-21-3-7-24(8-4-21)30(36(32,33)26-13-11-25(35-2)12-14-26)20-27(31)28-19-22-5-9-23(10-6-22)29-15-17-34-18-16-29/h3-14H,15-20H2,1-2H3,(H,28,31). The van der Waals surface area contributed by atoms with Gasteiger partial charge in [0.05, 0.1) is 23.8 Å². The van der Waals surface area contributed by atoms with Crippen molar-refractivity contribution in [2.45, 2.75) is 23.3 Å².